The number of ether oxygens (including phenoxy) is 1. The molecule has 0 heterocycles. The third-order valence-electron chi connectivity index (χ3n) is 3.06. The topological polar surface area (TPSA) is 67.4 Å². The summed E-state index contributed by atoms with van der Waals surface area (Å²) in [6.45, 7) is -2.83. The van der Waals surface area contributed by atoms with E-state index in [0.717, 1.165) is 5.56 Å². The molecule has 2 aromatic carbocycles. The van der Waals surface area contributed by atoms with E-state index in [4.69, 9.17) is 0 Å². The predicted octanol–water partition coefficient (Wildman–Crippen LogP) is 2.33. The smallest absolute Gasteiger partial charge is 0.387 e. The van der Waals surface area contributed by atoms with Gasteiger partial charge in [0.1, 0.15) is 5.75 Å². The van der Waals surface area contributed by atoms with Crippen LogP contribution in [0.3, 0.4) is 0 Å². The Kier molecular flexibility index (Phi) is 6.24. The normalized spacial score (nSPS) is 10.3. The molecule has 0 aliphatic heterocycles. The average Bonchev–Trinajstić information content (AvgIpc) is 2.58. The van der Waals surface area contributed by atoms with Crippen LogP contribution in [0.5, 0.6) is 5.75 Å². The molecule has 2 amide bonds. The highest BCUT2D eigenvalue weighted by molar-refractivity contribution is 5.96. The lowest BCUT2D eigenvalue weighted by molar-refractivity contribution is -0.120. The highest BCUT2D eigenvalue weighted by atomic mass is 19.3. The zero-order valence-corrected chi connectivity index (χ0v) is 12.7. The largest absolute Gasteiger partial charge is 0.435 e. The highest BCUT2D eigenvalue weighted by Crippen LogP contribution is 2.15. The molecule has 0 bridgehead atoms. The number of amides is 2. The standard InChI is InChI=1S/C17H16F2N2O3/c18-17(19)24-14-8-4-7-13(9-14)16(23)21-11-15(22)20-10-12-5-2-1-3-6-12/h1-9,17H,10-11H2,(H,20,22)(H,21,23). The third-order valence-corrected chi connectivity index (χ3v) is 3.06. The number of hydrogen-bond acceptors (Lipinski definition) is 3. The van der Waals surface area contributed by atoms with Crippen molar-refractivity contribution in [1.29, 1.82) is 0 Å². The van der Waals surface area contributed by atoms with Crippen molar-refractivity contribution in [2.75, 3.05) is 6.54 Å². The number of hydrogen-bond donors (Lipinski definition) is 2. The molecule has 0 saturated heterocycles. The summed E-state index contributed by atoms with van der Waals surface area (Å²) >= 11 is 0. The minimum Gasteiger partial charge on any atom is -0.435 e. The first-order valence-corrected chi connectivity index (χ1v) is 7.18. The monoisotopic (exact) mass is 334 g/mol. The molecule has 0 aromatic heterocycles. The summed E-state index contributed by atoms with van der Waals surface area (Å²) in [5.41, 5.74) is 1.07. The van der Waals surface area contributed by atoms with Gasteiger partial charge in [-0.1, -0.05) is 36.4 Å². The van der Waals surface area contributed by atoms with Crippen LogP contribution in [0, 0.1) is 0 Å². The number of rotatable bonds is 7. The Labute approximate surface area is 137 Å². The molecule has 0 unspecified atom stereocenters. The van der Waals surface area contributed by atoms with E-state index in [1.807, 2.05) is 30.3 Å². The van der Waals surface area contributed by atoms with Crippen LogP contribution in [-0.4, -0.2) is 25.0 Å². The first-order valence-electron chi connectivity index (χ1n) is 7.18. The lowest BCUT2D eigenvalue weighted by atomic mass is 10.2. The SMILES string of the molecule is O=C(CNC(=O)c1cccc(OC(F)F)c1)NCc1ccccc1. The fourth-order valence-electron chi connectivity index (χ4n) is 1.94. The molecule has 2 rings (SSSR count). The van der Waals surface area contributed by atoms with Crippen LogP contribution < -0.4 is 15.4 Å². The van der Waals surface area contributed by atoms with Gasteiger partial charge in [-0.05, 0) is 23.8 Å². The number of alkyl halides is 2. The van der Waals surface area contributed by atoms with E-state index in [0.29, 0.717) is 6.54 Å². The van der Waals surface area contributed by atoms with Crippen molar-refractivity contribution < 1.29 is 23.1 Å². The quantitative estimate of drug-likeness (QED) is 0.817. The maximum atomic E-state index is 12.2. The number of carbonyl (C=O) groups is 2. The lowest BCUT2D eigenvalue weighted by Crippen LogP contribution is -2.36. The van der Waals surface area contributed by atoms with Crippen molar-refractivity contribution in [3.8, 4) is 5.75 Å². The molecule has 0 radical (unpaired) electrons. The maximum Gasteiger partial charge on any atom is 0.387 e. The Bertz CT molecular complexity index is 693. The van der Waals surface area contributed by atoms with Crippen LogP contribution >= 0.6 is 0 Å². The van der Waals surface area contributed by atoms with Gasteiger partial charge in [0, 0.05) is 12.1 Å². The molecule has 0 atom stereocenters. The maximum absolute atomic E-state index is 12.2. The molecule has 0 saturated carbocycles. The van der Waals surface area contributed by atoms with E-state index in [1.54, 1.807) is 0 Å². The first kappa shape index (κ1) is 17.4. The Hall–Kier alpha value is -2.96. The van der Waals surface area contributed by atoms with Crippen LogP contribution in [0.1, 0.15) is 15.9 Å². The summed E-state index contributed by atoms with van der Waals surface area (Å²) in [6, 6.07) is 14.7. The Morgan fingerprint density at radius 2 is 1.75 bits per heavy atom. The lowest BCUT2D eigenvalue weighted by Gasteiger charge is -2.08. The molecule has 0 fully saturated rings. The van der Waals surface area contributed by atoms with Crippen molar-refractivity contribution in [1.82, 2.24) is 10.6 Å². The number of halogens is 2. The van der Waals surface area contributed by atoms with Gasteiger partial charge in [0.15, 0.2) is 0 Å². The minimum absolute atomic E-state index is 0.119. The zero-order valence-electron chi connectivity index (χ0n) is 12.7. The summed E-state index contributed by atoms with van der Waals surface area (Å²) in [6.07, 6.45) is 0. The molecule has 2 N–H and O–H groups in total. The average molecular weight is 334 g/mol. The fraction of sp³-hybridized carbons (Fsp3) is 0.176. The summed E-state index contributed by atoms with van der Waals surface area (Å²) in [5, 5.41) is 5.09. The van der Waals surface area contributed by atoms with E-state index in [2.05, 4.69) is 15.4 Å². The second kappa shape index (κ2) is 8.61. The summed E-state index contributed by atoms with van der Waals surface area (Å²) in [7, 11) is 0. The molecule has 0 spiro atoms. The van der Waals surface area contributed by atoms with Crippen LogP contribution in [0.25, 0.3) is 0 Å². The van der Waals surface area contributed by atoms with Crippen LogP contribution in [0.4, 0.5) is 8.78 Å². The van der Waals surface area contributed by atoms with Gasteiger partial charge >= 0.3 is 6.61 Å². The van der Waals surface area contributed by atoms with E-state index in [1.165, 1.54) is 24.3 Å². The molecule has 7 heteroatoms. The first-order chi connectivity index (χ1) is 11.5. The predicted molar refractivity (Wildman–Crippen MR) is 83.7 cm³/mol. The molecule has 2 aromatic rings. The van der Waals surface area contributed by atoms with Crippen LogP contribution in [-0.2, 0) is 11.3 Å². The Balaban J connectivity index is 1.81. The summed E-state index contributed by atoms with van der Waals surface area (Å²) < 4.78 is 28.5. The molecular formula is C17H16F2N2O3. The van der Waals surface area contributed by atoms with E-state index in [9.17, 15) is 18.4 Å². The van der Waals surface area contributed by atoms with Crippen molar-refractivity contribution >= 4 is 11.8 Å². The van der Waals surface area contributed by atoms with Crippen molar-refractivity contribution in [2.24, 2.45) is 0 Å². The van der Waals surface area contributed by atoms with Crippen molar-refractivity contribution in [3.63, 3.8) is 0 Å². The van der Waals surface area contributed by atoms with Gasteiger partial charge < -0.3 is 15.4 Å². The second-order valence-electron chi connectivity index (χ2n) is 4.85. The van der Waals surface area contributed by atoms with Crippen molar-refractivity contribution in [2.45, 2.75) is 13.2 Å². The number of nitrogens with one attached hydrogen (secondary N) is 2. The molecule has 0 aliphatic rings. The molecule has 0 aliphatic carbocycles. The van der Waals surface area contributed by atoms with E-state index >= 15 is 0 Å². The van der Waals surface area contributed by atoms with Gasteiger partial charge in [-0.3, -0.25) is 9.59 Å². The van der Waals surface area contributed by atoms with Gasteiger partial charge in [-0.25, -0.2) is 0 Å². The molecule has 5 nitrogen and oxygen atoms in total. The van der Waals surface area contributed by atoms with Crippen LogP contribution in [0.2, 0.25) is 0 Å². The van der Waals surface area contributed by atoms with Gasteiger partial charge in [-0.2, -0.15) is 8.78 Å². The zero-order chi connectivity index (χ0) is 17.4. The van der Waals surface area contributed by atoms with E-state index < -0.39 is 12.5 Å². The minimum atomic E-state index is -2.97. The second-order valence-corrected chi connectivity index (χ2v) is 4.85. The van der Waals surface area contributed by atoms with Gasteiger partial charge in [0.25, 0.3) is 5.91 Å². The van der Waals surface area contributed by atoms with Crippen molar-refractivity contribution in [3.05, 3.63) is 65.7 Å². The fourth-order valence-corrected chi connectivity index (χ4v) is 1.94. The molecular weight excluding hydrogens is 318 g/mol. The Morgan fingerprint density at radius 3 is 2.46 bits per heavy atom. The summed E-state index contributed by atoms with van der Waals surface area (Å²) in [5.74, 6) is -1.03. The molecule has 126 valence electrons. The third kappa shape index (κ3) is 5.68. The summed E-state index contributed by atoms with van der Waals surface area (Å²) in [4.78, 5) is 23.6. The highest BCUT2D eigenvalue weighted by Gasteiger charge is 2.10. The number of carbonyl (C=O) groups excluding carboxylic acids is 2. The van der Waals surface area contributed by atoms with Gasteiger partial charge in [0.05, 0.1) is 6.54 Å². The Morgan fingerprint density at radius 1 is 1.00 bits per heavy atom. The van der Waals surface area contributed by atoms with Gasteiger partial charge in [0.2, 0.25) is 5.91 Å². The van der Waals surface area contributed by atoms with E-state index in [-0.39, 0.29) is 23.8 Å². The van der Waals surface area contributed by atoms with Gasteiger partial charge in [-0.15, -0.1) is 0 Å². The molecule has 24 heavy (non-hydrogen) atoms. The number of benzene rings is 2. The van der Waals surface area contributed by atoms with Crippen LogP contribution in [0.15, 0.2) is 54.6 Å².